The summed E-state index contributed by atoms with van der Waals surface area (Å²) in [5, 5.41) is 15.8. The van der Waals surface area contributed by atoms with Gasteiger partial charge in [0.15, 0.2) is 0 Å². The average Bonchev–Trinajstić information content (AvgIpc) is 2.51. The van der Waals surface area contributed by atoms with E-state index in [2.05, 4.69) is 16.0 Å². The number of rotatable bonds is 12. The zero-order valence-corrected chi connectivity index (χ0v) is 13.8. The molecule has 0 unspecified atom stereocenters. The minimum absolute atomic E-state index is 0.0939. The predicted octanol–water partition coefficient (Wildman–Crippen LogP) is -2.35. The van der Waals surface area contributed by atoms with E-state index in [1.165, 1.54) is 6.92 Å². The highest BCUT2D eigenvalue weighted by atomic mass is 16.4. The van der Waals surface area contributed by atoms with E-state index in [-0.39, 0.29) is 18.9 Å². The third-order valence-electron chi connectivity index (χ3n) is 3.14. The Morgan fingerprint density at radius 2 is 1.67 bits per heavy atom. The van der Waals surface area contributed by atoms with Gasteiger partial charge in [0.25, 0.3) is 0 Å². The molecule has 0 aliphatic carbocycles. The Morgan fingerprint density at radius 3 is 2.21 bits per heavy atom. The van der Waals surface area contributed by atoms with E-state index in [9.17, 15) is 19.2 Å². The van der Waals surface area contributed by atoms with Gasteiger partial charge in [0.05, 0.1) is 0 Å². The molecule has 0 saturated heterocycles. The van der Waals surface area contributed by atoms with Crippen LogP contribution in [0.15, 0.2) is 0 Å². The van der Waals surface area contributed by atoms with Crippen LogP contribution in [-0.4, -0.2) is 60.5 Å². The molecular formula is C14H27N5O5. The molecule has 0 bridgehead atoms. The number of hydrogen-bond donors (Lipinski definition) is 6. The molecule has 0 rings (SSSR count). The van der Waals surface area contributed by atoms with E-state index in [0.29, 0.717) is 25.8 Å². The van der Waals surface area contributed by atoms with Gasteiger partial charge < -0.3 is 32.5 Å². The van der Waals surface area contributed by atoms with Crippen molar-refractivity contribution in [2.45, 2.75) is 44.7 Å². The van der Waals surface area contributed by atoms with E-state index >= 15 is 0 Å². The van der Waals surface area contributed by atoms with E-state index in [1.807, 2.05) is 0 Å². The van der Waals surface area contributed by atoms with Crippen LogP contribution in [0.5, 0.6) is 0 Å². The third-order valence-corrected chi connectivity index (χ3v) is 3.14. The van der Waals surface area contributed by atoms with Crippen LogP contribution in [0, 0.1) is 0 Å². The van der Waals surface area contributed by atoms with Crippen molar-refractivity contribution in [1.82, 2.24) is 16.0 Å². The zero-order chi connectivity index (χ0) is 18.5. The Balaban J connectivity index is 4.64. The molecule has 3 amide bonds. The molecule has 0 heterocycles. The topological polar surface area (TPSA) is 177 Å². The number of carbonyl (C=O) groups excluding carboxylic acids is 3. The van der Waals surface area contributed by atoms with Crippen molar-refractivity contribution in [1.29, 1.82) is 0 Å². The summed E-state index contributed by atoms with van der Waals surface area (Å²) in [6.45, 7) is 1.56. The van der Waals surface area contributed by atoms with Gasteiger partial charge in [-0.25, -0.2) is 0 Å². The Labute approximate surface area is 140 Å². The van der Waals surface area contributed by atoms with E-state index in [4.69, 9.17) is 16.6 Å². The second-order valence-electron chi connectivity index (χ2n) is 5.29. The molecule has 0 saturated carbocycles. The molecule has 0 fully saturated rings. The van der Waals surface area contributed by atoms with Crippen LogP contribution in [0.2, 0.25) is 0 Å². The fourth-order valence-electron chi connectivity index (χ4n) is 1.85. The summed E-state index contributed by atoms with van der Waals surface area (Å²) in [6.07, 6.45) is 1.67. The SMILES string of the molecule is C[C@H](NC(=O)CCN)C(=O)N[C@@H](CCCCN)C(=O)NCC(=O)O. The van der Waals surface area contributed by atoms with Crippen molar-refractivity contribution in [2.75, 3.05) is 19.6 Å². The molecule has 138 valence electrons. The fourth-order valence-corrected chi connectivity index (χ4v) is 1.85. The summed E-state index contributed by atoms with van der Waals surface area (Å²) in [4.78, 5) is 46.1. The van der Waals surface area contributed by atoms with Gasteiger partial charge in [0, 0.05) is 13.0 Å². The first-order valence-electron chi connectivity index (χ1n) is 7.81. The fraction of sp³-hybridized carbons (Fsp3) is 0.714. The number of aliphatic carboxylic acids is 1. The lowest BCUT2D eigenvalue weighted by Gasteiger charge is -2.21. The van der Waals surface area contributed by atoms with Gasteiger partial charge in [-0.2, -0.15) is 0 Å². The van der Waals surface area contributed by atoms with Gasteiger partial charge in [-0.1, -0.05) is 0 Å². The molecule has 0 aliphatic rings. The molecule has 0 radical (unpaired) electrons. The number of hydrogen-bond acceptors (Lipinski definition) is 6. The second-order valence-corrected chi connectivity index (χ2v) is 5.29. The highest BCUT2D eigenvalue weighted by Crippen LogP contribution is 2.02. The molecular weight excluding hydrogens is 318 g/mol. The standard InChI is InChI=1S/C14H27N5O5/c1-9(18-11(20)5-7-16)13(23)19-10(4-2-3-6-15)14(24)17-8-12(21)22/h9-10H,2-8,15-16H2,1H3,(H,17,24)(H,18,20)(H,19,23)(H,21,22)/t9-,10-/m0/s1. The Hall–Kier alpha value is -2.20. The van der Waals surface area contributed by atoms with Crippen molar-refractivity contribution in [3.8, 4) is 0 Å². The molecule has 0 spiro atoms. The Bertz CT molecular complexity index is 443. The van der Waals surface area contributed by atoms with Crippen LogP contribution in [0.4, 0.5) is 0 Å². The van der Waals surface area contributed by atoms with Gasteiger partial charge in [0.1, 0.15) is 18.6 Å². The summed E-state index contributed by atoms with van der Waals surface area (Å²) in [5.74, 6) is -2.68. The number of carboxylic acid groups (broad SMARTS) is 1. The lowest BCUT2D eigenvalue weighted by Crippen LogP contribution is -2.53. The molecule has 8 N–H and O–H groups in total. The summed E-state index contributed by atoms with van der Waals surface area (Å²) in [5.41, 5.74) is 10.7. The molecule has 24 heavy (non-hydrogen) atoms. The predicted molar refractivity (Wildman–Crippen MR) is 86.8 cm³/mol. The van der Waals surface area contributed by atoms with E-state index in [0.717, 1.165) is 0 Å². The zero-order valence-electron chi connectivity index (χ0n) is 13.8. The number of unbranched alkanes of at least 4 members (excludes halogenated alkanes) is 1. The minimum Gasteiger partial charge on any atom is -0.480 e. The van der Waals surface area contributed by atoms with Crippen LogP contribution < -0.4 is 27.4 Å². The number of carboxylic acids is 1. The molecule has 0 aliphatic heterocycles. The van der Waals surface area contributed by atoms with E-state index in [1.54, 1.807) is 0 Å². The van der Waals surface area contributed by atoms with Crippen molar-refractivity contribution < 1.29 is 24.3 Å². The highest BCUT2D eigenvalue weighted by Gasteiger charge is 2.24. The molecule has 2 atom stereocenters. The molecule has 0 aromatic carbocycles. The molecule has 10 heteroatoms. The summed E-state index contributed by atoms with van der Waals surface area (Å²) >= 11 is 0. The van der Waals surface area contributed by atoms with Gasteiger partial charge in [-0.15, -0.1) is 0 Å². The van der Waals surface area contributed by atoms with Crippen LogP contribution in [-0.2, 0) is 19.2 Å². The second kappa shape index (κ2) is 12.3. The Morgan fingerprint density at radius 1 is 1.00 bits per heavy atom. The molecule has 10 nitrogen and oxygen atoms in total. The van der Waals surface area contributed by atoms with Crippen molar-refractivity contribution in [3.63, 3.8) is 0 Å². The first kappa shape index (κ1) is 21.8. The number of nitrogens with one attached hydrogen (secondary N) is 3. The monoisotopic (exact) mass is 345 g/mol. The molecule has 0 aromatic rings. The first-order chi connectivity index (χ1) is 11.3. The highest BCUT2D eigenvalue weighted by molar-refractivity contribution is 5.92. The van der Waals surface area contributed by atoms with Gasteiger partial charge in [-0.05, 0) is 32.7 Å². The van der Waals surface area contributed by atoms with Gasteiger partial charge in [0.2, 0.25) is 17.7 Å². The third kappa shape index (κ3) is 9.74. The normalized spacial score (nSPS) is 12.8. The van der Waals surface area contributed by atoms with Crippen LogP contribution in [0.1, 0.15) is 32.6 Å². The summed E-state index contributed by atoms with van der Waals surface area (Å²) in [7, 11) is 0. The maximum atomic E-state index is 12.1. The van der Waals surface area contributed by atoms with Crippen LogP contribution in [0.25, 0.3) is 0 Å². The van der Waals surface area contributed by atoms with Crippen molar-refractivity contribution in [2.24, 2.45) is 11.5 Å². The smallest absolute Gasteiger partial charge is 0.322 e. The Kier molecular flexibility index (Phi) is 11.1. The summed E-state index contributed by atoms with van der Waals surface area (Å²) in [6, 6.07) is -1.73. The largest absolute Gasteiger partial charge is 0.480 e. The quantitative estimate of drug-likeness (QED) is 0.214. The summed E-state index contributed by atoms with van der Waals surface area (Å²) < 4.78 is 0. The maximum absolute atomic E-state index is 12.1. The number of amides is 3. The van der Waals surface area contributed by atoms with Crippen molar-refractivity contribution in [3.05, 3.63) is 0 Å². The van der Waals surface area contributed by atoms with E-state index < -0.39 is 36.4 Å². The van der Waals surface area contributed by atoms with Crippen molar-refractivity contribution >= 4 is 23.7 Å². The number of nitrogens with two attached hydrogens (primary N) is 2. The molecule has 0 aromatic heterocycles. The average molecular weight is 345 g/mol. The lowest BCUT2D eigenvalue weighted by atomic mass is 10.1. The maximum Gasteiger partial charge on any atom is 0.322 e. The van der Waals surface area contributed by atoms with Crippen LogP contribution >= 0.6 is 0 Å². The van der Waals surface area contributed by atoms with Gasteiger partial charge in [-0.3, -0.25) is 19.2 Å². The number of carbonyl (C=O) groups is 4. The van der Waals surface area contributed by atoms with Crippen LogP contribution in [0.3, 0.4) is 0 Å². The van der Waals surface area contributed by atoms with Gasteiger partial charge >= 0.3 is 5.97 Å². The minimum atomic E-state index is -1.18. The first-order valence-corrected chi connectivity index (χ1v) is 7.81. The lowest BCUT2D eigenvalue weighted by molar-refractivity contribution is -0.138.